The Morgan fingerprint density at radius 1 is 1.06 bits per heavy atom. The van der Waals surface area contributed by atoms with Crippen LogP contribution < -0.4 is 5.56 Å². The summed E-state index contributed by atoms with van der Waals surface area (Å²) >= 11 is 1.45. The summed E-state index contributed by atoms with van der Waals surface area (Å²) in [6.07, 6.45) is 1.82. The molecule has 2 aromatic carbocycles. The molecule has 0 aliphatic rings. The zero-order valence-electron chi connectivity index (χ0n) is 18.7. The molecule has 5 rings (SSSR count). The zero-order valence-corrected chi connectivity index (χ0v) is 19.5. The Morgan fingerprint density at radius 3 is 2.67 bits per heavy atom. The number of hydrogen-bond acceptors (Lipinski definition) is 7. The molecule has 0 amide bonds. The maximum Gasteiger partial charge on any atom is 0.267 e. The Hall–Kier alpha value is -3.46. The van der Waals surface area contributed by atoms with Crippen molar-refractivity contribution in [2.24, 2.45) is 5.92 Å². The summed E-state index contributed by atoms with van der Waals surface area (Å²) in [5, 5.41) is 14.2. The molecule has 0 aliphatic heterocycles. The molecule has 0 saturated carbocycles. The minimum atomic E-state index is -0.122. The third-order valence-electron chi connectivity index (χ3n) is 5.53. The Labute approximate surface area is 194 Å². The first-order valence-electron chi connectivity index (χ1n) is 10.9. The van der Waals surface area contributed by atoms with Crippen LogP contribution in [-0.2, 0) is 12.2 Å². The quantitative estimate of drug-likeness (QED) is 0.328. The topological polar surface area (TPSA) is 91.1 Å². The smallest absolute Gasteiger partial charge is 0.267 e. The third kappa shape index (κ3) is 4.04. The summed E-state index contributed by atoms with van der Waals surface area (Å²) in [5.41, 5.74) is 2.41. The Kier molecular flexibility index (Phi) is 5.72. The molecule has 0 saturated heterocycles. The SMILES string of the molecule is Cc1ccccc1-n1c(=O)c2ccccc2n2c(SCc3nc(CCC(C)C)no3)nnc12. The number of aryl methyl sites for hydroxylation is 2. The predicted octanol–water partition coefficient (Wildman–Crippen LogP) is 4.61. The lowest BCUT2D eigenvalue weighted by atomic mass is 10.1. The lowest BCUT2D eigenvalue weighted by Crippen LogP contribution is -2.22. The van der Waals surface area contributed by atoms with Gasteiger partial charge in [0.2, 0.25) is 11.7 Å². The minimum Gasteiger partial charge on any atom is -0.338 e. The van der Waals surface area contributed by atoms with Crippen LogP contribution in [0.5, 0.6) is 0 Å². The van der Waals surface area contributed by atoms with Crippen LogP contribution in [0.2, 0.25) is 0 Å². The summed E-state index contributed by atoms with van der Waals surface area (Å²) < 4.78 is 8.98. The van der Waals surface area contributed by atoms with Crippen molar-refractivity contribution in [1.29, 1.82) is 0 Å². The third-order valence-corrected chi connectivity index (χ3v) is 6.44. The molecule has 5 aromatic rings. The number of aromatic nitrogens is 6. The van der Waals surface area contributed by atoms with E-state index in [4.69, 9.17) is 4.52 Å². The van der Waals surface area contributed by atoms with Crippen LogP contribution in [0, 0.1) is 12.8 Å². The summed E-state index contributed by atoms with van der Waals surface area (Å²) in [4.78, 5) is 17.9. The van der Waals surface area contributed by atoms with Gasteiger partial charge in [-0.2, -0.15) is 4.98 Å². The second-order valence-corrected chi connectivity index (χ2v) is 9.33. The van der Waals surface area contributed by atoms with Gasteiger partial charge >= 0.3 is 0 Å². The van der Waals surface area contributed by atoms with Crippen LogP contribution in [0.15, 0.2) is 63.0 Å². The van der Waals surface area contributed by atoms with E-state index in [2.05, 4.69) is 34.2 Å². The monoisotopic (exact) mass is 460 g/mol. The molecule has 0 spiro atoms. The van der Waals surface area contributed by atoms with Gasteiger partial charge in [0, 0.05) is 6.42 Å². The van der Waals surface area contributed by atoms with Crippen molar-refractivity contribution in [2.75, 3.05) is 0 Å². The summed E-state index contributed by atoms with van der Waals surface area (Å²) in [7, 11) is 0. The fraction of sp³-hybridized carbons (Fsp3) is 0.292. The van der Waals surface area contributed by atoms with E-state index in [-0.39, 0.29) is 5.56 Å². The van der Waals surface area contributed by atoms with Crippen molar-refractivity contribution in [1.82, 2.24) is 29.3 Å². The van der Waals surface area contributed by atoms with Crippen molar-refractivity contribution in [3.8, 4) is 5.69 Å². The van der Waals surface area contributed by atoms with Gasteiger partial charge in [0.15, 0.2) is 11.0 Å². The van der Waals surface area contributed by atoms with Gasteiger partial charge in [-0.1, -0.05) is 61.1 Å². The normalized spacial score (nSPS) is 11.8. The molecule has 0 N–H and O–H groups in total. The highest BCUT2D eigenvalue weighted by Gasteiger charge is 2.19. The molecule has 3 aromatic heterocycles. The molecule has 0 atom stereocenters. The maximum atomic E-state index is 13.4. The van der Waals surface area contributed by atoms with E-state index >= 15 is 0 Å². The molecule has 0 aliphatic carbocycles. The highest BCUT2D eigenvalue weighted by Crippen LogP contribution is 2.26. The molecule has 0 unspecified atom stereocenters. The van der Waals surface area contributed by atoms with Crippen LogP contribution in [0.1, 0.15) is 37.5 Å². The van der Waals surface area contributed by atoms with E-state index in [0.29, 0.717) is 33.9 Å². The molecular weight excluding hydrogens is 436 g/mol. The largest absolute Gasteiger partial charge is 0.338 e. The summed E-state index contributed by atoms with van der Waals surface area (Å²) in [5.74, 6) is 2.80. The number of benzene rings is 2. The average Bonchev–Trinajstić information content (AvgIpc) is 3.44. The molecule has 0 radical (unpaired) electrons. The van der Waals surface area contributed by atoms with Crippen LogP contribution in [0.3, 0.4) is 0 Å². The minimum absolute atomic E-state index is 0.122. The van der Waals surface area contributed by atoms with E-state index in [0.717, 1.165) is 35.4 Å². The fourth-order valence-electron chi connectivity index (χ4n) is 3.80. The van der Waals surface area contributed by atoms with Crippen LogP contribution in [0.25, 0.3) is 22.4 Å². The number of hydrogen-bond donors (Lipinski definition) is 0. The van der Waals surface area contributed by atoms with E-state index in [1.54, 1.807) is 4.57 Å². The van der Waals surface area contributed by atoms with E-state index < -0.39 is 0 Å². The average molecular weight is 461 g/mol. The Balaban J connectivity index is 1.56. The van der Waals surface area contributed by atoms with Gasteiger partial charge in [-0.05, 0) is 43.0 Å². The highest BCUT2D eigenvalue weighted by molar-refractivity contribution is 7.98. The lowest BCUT2D eigenvalue weighted by Gasteiger charge is -2.13. The highest BCUT2D eigenvalue weighted by atomic mass is 32.2. The summed E-state index contributed by atoms with van der Waals surface area (Å²) in [6.45, 7) is 6.33. The van der Waals surface area contributed by atoms with Gasteiger partial charge in [-0.15, -0.1) is 10.2 Å². The van der Waals surface area contributed by atoms with Gasteiger partial charge in [0.1, 0.15) is 0 Å². The molecule has 9 heteroatoms. The van der Waals surface area contributed by atoms with Crippen molar-refractivity contribution >= 4 is 28.4 Å². The van der Waals surface area contributed by atoms with Crippen LogP contribution in [-0.4, -0.2) is 29.3 Å². The van der Waals surface area contributed by atoms with E-state index in [1.807, 2.05) is 59.9 Å². The van der Waals surface area contributed by atoms with Gasteiger partial charge in [-0.3, -0.25) is 9.20 Å². The number of nitrogens with zero attached hydrogens (tertiary/aromatic N) is 6. The van der Waals surface area contributed by atoms with E-state index in [1.165, 1.54) is 11.8 Å². The summed E-state index contributed by atoms with van der Waals surface area (Å²) in [6, 6.07) is 15.3. The Morgan fingerprint density at radius 2 is 1.85 bits per heavy atom. The van der Waals surface area contributed by atoms with Crippen LogP contribution in [0.4, 0.5) is 0 Å². The molecule has 0 bridgehead atoms. The first-order valence-corrected chi connectivity index (χ1v) is 11.9. The first kappa shape index (κ1) is 21.4. The number of rotatable bonds is 7. The first-order chi connectivity index (χ1) is 16.0. The second-order valence-electron chi connectivity index (χ2n) is 8.39. The molecule has 0 fully saturated rings. The molecule has 8 nitrogen and oxygen atoms in total. The Bertz CT molecular complexity index is 1500. The molecule has 33 heavy (non-hydrogen) atoms. The van der Waals surface area contributed by atoms with Gasteiger partial charge in [0.05, 0.1) is 22.3 Å². The number of para-hydroxylation sites is 2. The van der Waals surface area contributed by atoms with E-state index in [9.17, 15) is 4.79 Å². The van der Waals surface area contributed by atoms with Gasteiger partial charge < -0.3 is 4.52 Å². The van der Waals surface area contributed by atoms with Crippen molar-refractivity contribution < 1.29 is 4.52 Å². The molecule has 168 valence electrons. The number of fused-ring (bicyclic) bond motifs is 3. The maximum absolute atomic E-state index is 13.4. The molecular formula is C24H24N6O2S. The zero-order chi connectivity index (χ0) is 22.9. The van der Waals surface area contributed by atoms with Gasteiger partial charge in [0.25, 0.3) is 5.56 Å². The fourth-order valence-corrected chi connectivity index (χ4v) is 4.58. The molecule has 3 heterocycles. The van der Waals surface area contributed by atoms with Gasteiger partial charge in [-0.25, -0.2) is 4.57 Å². The lowest BCUT2D eigenvalue weighted by molar-refractivity contribution is 0.383. The van der Waals surface area contributed by atoms with Crippen molar-refractivity contribution in [3.63, 3.8) is 0 Å². The standard InChI is InChI=1S/C24H24N6O2S/c1-15(2)12-13-20-25-21(32-28-20)14-33-24-27-26-23-29(18-10-6-4-8-16(18)3)22(31)17-9-5-7-11-19(17)30(23)24/h4-11,15H,12-14H2,1-3H3. The van der Waals surface area contributed by atoms with Crippen molar-refractivity contribution in [2.45, 2.75) is 44.5 Å². The van der Waals surface area contributed by atoms with Crippen molar-refractivity contribution in [3.05, 3.63) is 76.2 Å². The predicted molar refractivity (Wildman–Crippen MR) is 128 cm³/mol. The van der Waals surface area contributed by atoms with Crippen LogP contribution >= 0.6 is 11.8 Å². The second kappa shape index (κ2) is 8.82. The number of thioether (sulfide) groups is 1.